The van der Waals surface area contributed by atoms with Gasteiger partial charge in [-0.05, 0) is 23.8 Å². The molecular formula is C19H15BrClF4NO3. The molecule has 0 radical (unpaired) electrons. The maximum atomic E-state index is 14.8. The van der Waals surface area contributed by atoms with Gasteiger partial charge in [-0.1, -0.05) is 40.5 Å². The van der Waals surface area contributed by atoms with Crippen LogP contribution in [0.3, 0.4) is 0 Å². The lowest BCUT2D eigenvalue weighted by Crippen LogP contribution is -2.47. The molecule has 2 aromatic carbocycles. The average molecular weight is 497 g/mol. The van der Waals surface area contributed by atoms with Crippen molar-refractivity contribution in [2.75, 3.05) is 18.6 Å². The molecule has 0 bridgehead atoms. The number of fused-ring (bicyclic) bond motifs is 1. The molecule has 29 heavy (non-hydrogen) atoms. The first kappa shape index (κ1) is 21.9. The monoisotopic (exact) mass is 495 g/mol. The number of amides is 1. The number of benzene rings is 2. The Balaban J connectivity index is 2.23. The number of hydrogen-bond acceptors (Lipinski definition) is 3. The van der Waals surface area contributed by atoms with Crippen LogP contribution in [0.25, 0.3) is 0 Å². The highest BCUT2D eigenvalue weighted by Crippen LogP contribution is 2.52. The third-order valence-electron chi connectivity index (χ3n) is 5.03. The standard InChI is InChI=1S/C19H15BrClF4NO3/c1-9(11-4-3-10(20)5-13(11)21)18(28,19(23,24)25)12-6-15-16(7-14(12)22)29-8-17(27)26(15)2/h3-7,9,28H,8H2,1-2H3. The summed E-state index contributed by atoms with van der Waals surface area (Å²) in [5.74, 6) is -3.59. The number of rotatable bonds is 3. The number of hydrogen-bond donors (Lipinski definition) is 1. The molecule has 1 aliphatic heterocycles. The number of aliphatic hydroxyl groups is 1. The van der Waals surface area contributed by atoms with Crippen LogP contribution in [-0.2, 0) is 10.4 Å². The van der Waals surface area contributed by atoms with Crippen molar-refractivity contribution in [2.45, 2.75) is 24.6 Å². The van der Waals surface area contributed by atoms with E-state index in [-0.39, 0.29) is 28.6 Å². The van der Waals surface area contributed by atoms with Crippen LogP contribution in [0.4, 0.5) is 23.2 Å². The molecule has 1 N–H and O–H groups in total. The van der Waals surface area contributed by atoms with Gasteiger partial charge in [-0.25, -0.2) is 4.39 Å². The van der Waals surface area contributed by atoms with Crippen LogP contribution in [0.15, 0.2) is 34.8 Å². The van der Waals surface area contributed by atoms with Gasteiger partial charge in [0, 0.05) is 34.1 Å². The van der Waals surface area contributed by atoms with Crippen LogP contribution >= 0.6 is 27.5 Å². The largest absolute Gasteiger partial charge is 0.481 e. The minimum atomic E-state index is -5.25. The Hall–Kier alpha value is -1.84. The fourth-order valence-corrected chi connectivity index (χ4v) is 4.13. The molecule has 2 aromatic rings. The molecule has 0 spiro atoms. The number of carbonyl (C=O) groups excluding carboxylic acids is 1. The van der Waals surface area contributed by atoms with E-state index in [9.17, 15) is 27.5 Å². The van der Waals surface area contributed by atoms with Crippen molar-refractivity contribution in [3.05, 3.63) is 56.8 Å². The predicted octanol–water partition coefficient (Wildman–Crippen LogP) is 5.15. The quantitative estimate of drug-likeness (QED) is 0.598. The Morgan fingerprint density at radius 2 is 1.93 bits per heavy atom. The highest BCUT2D eigenvalue weighted by molar-refractivity contribution is 9.10. The molecule has 4 nitrogen and oxygen atoms in total. The molecule has 1 heterocycles. The second kappa shape index (κ2) is 7.45. The second-order valence-electron chi connectivity index (χ2n) is 6.69. The minimum Gasteiger partial charge on any atom is -0.481 e. The van der Waals surface area contributed by atoms with Crippen molar-refractivity contribution < 1.29 is 32.2 Å². The van der Waals surface area contributed by atoms with Gasteiger partial charge >= 0.3 is 6.18 Å². The Morgan fingerprint density at radius 1 is 1.28 bits per heavy atom. The Morgan fingerprint density at radius 3 is 2.52 bits per heavy atom. The van der Waals surface area contributed by atoms with Crippen molar-refractivity contribution in [1.29, 1.82) is 0 Å². The third-order valence-corrected chi connectivity index (χ3v) is 5.85. The molecule has 0 aromatic heterocycles. The summed E-state index contributed by atoms with van der Waals surface area (Å²) in [4.78, 5) is 12.9. The van der Waals surface area contributed by atoms with Gasteiger partial charge in [-0.3, -0.25) is 4.79 Å². The molecule has 10 heteroatoms. The first-order valence-corrected chi connectivity index (χ1v) is 9.52. The number of anilines is 1. The normalized spacial score (nSPS) is 17.4. The zero-order valence-corrected chi connectivity index (χ0v) is 17.5. The summed E-state index contributed by atoms with van der Waals surface area (Å²) in [5, 5.41) is 10.9. The van der Waals surface area contributed by atoms with Gasteiger partial charge in [-0.2, -0.15) is 13.2 Å². The highest BCUT2D eigenvalue weighted by Gasteiger charge is 2.60. The number of halogens is 6. The minimum absolute atomic E-state index is 0.0208. The van der Waals surface area contributed by atoms with Crippen LogP contribution < -0.4 is 9.64 Å². The van der Waals surface area contributed by atoms with E-state index in [4.69, 9.17) is 16.3 Å². The lowest BCUT2D eigenvalue weighted by Gasteiger charge is -2.38. The van der Waals surface area contributed by atoms with Gasteiger partial charge in [0.05, 0.1) is 5.69 Å². The summed E-state index contributed by atoms with van der Waals surface area (Å²) in [6.07, 6.45) is -5.25. The molecule has 1 amide bonds. The lowest BCUT2D eigenvalue weighted by atomic mass is 9.77. The summed E-state index contributed by atoms with van der Waals surface area (Å²) in [5.41, 5.74) is -4.74. The molecule has 3 rings (SSSR count). The van der Waals surface area contributed by atoms with E-state index in [2.05, 4.69) is 15.9 Å². The number of likely N-dealkylation sites (N-methyl/N-ethyl adjacent to an activating group) is 1. The summed E-state index contributed by atoms with van der Waals surface area (Å²) < 4.78 is 62.8. The number of carbonyl (C=O) groups is 1. The zero-order chi connectivity index (χ0) is 21.7. The first-order chi connectivity index (χ1) is 13.4. The smallest absolute Gasteiger partial charge is 0.422 e. The predicted molar refractivity (Wildman–Crippen MR) is 103 cm³/mol. The van der Waals surface area contributed by atoms with E-state index in [0.717, 1.165) is 24.0 Å². The van der Waals surface area contributed by atoms with Gasteiger partial charge in [0.2, 0.25) is 0 Å². The third kappa shape index (κ3) is 3.60. The topological polar surface area (TPSA) is 49.8 Å². The molecule has 1 aliphatic rings. The van der Waals surface area contributed by atoms with Crippen molar-refractivity contribution >= 4 is 39.1 Å². The van der Waals surface area contributed by atoms with E-state index in [1.165, 1.54) is 25.2 Å². The van der Waals surface area contributed by atoms with Crippen molar-refractivity contribution in [2.24, 2.45) is 0 Å². The molecule has 0 fully saturated rings. The maximum absolute atomic E-state index is 14.8. The average Bonchev–Trinajstić information content (AvgIpc) is 2.62. The van der Waals surface area contributed by atoms with Gasteiger partial charge in [-0.15, -0.1) is 0 Å². The second-order valence-corrected chi connectivity index (χ2v) is 8.02. The zero-order valence-electron chi connectivity index (χ0n) is 15.1. The van der Waals surface area contributed by atoms with Crippen LogP contribution in [0.2, 0.25) is 5.02 Å². The van der Waals surface area contributed by atoms with Crippen LogP contribution in [0.5, 0.6) is 5.75 Å². The number of nitrogens with zero attached hydrogens (tertiary/aromatic N) is 1. The fraction of sp³-hybridized carbons (Fsp3) is 0.316. The number of alkyl halides is 3. The molecule has 2 atom stereocenters. The molecule has 156 valence electrons. The summed E-state index contributed by atoms with van der Waals surface area (Å²) in [6, 6.07) is 5.70. The Kier molecular flexibility index (Phi) is 5.61. The van der Waals surface area contributed by atoms with Gasteiger partial charge in [0.1, 0.15) is 11.6 Å². The Bertz CT molecular complexity index is 985. The lowest BCUT2D eigenvalue weighted by molar-refractivity contribution is -0.275. The van der Waals surface area contributed by atoms with Crippen LogP contribution in [-0.4, -0.2) is 30.8 Å². The molecule has 0 aliphatic carbocycles. The van der Waals surface area contributed by atoms with Gasteiger partial charge < -0.3 is 14.7 Å². The maximum Gasteiger partial charge on any atom is 0.422 e. The van der Waals surface area contributed by atoms with E-state index in [1.807, 2.05) is 0 Å². The van der Waals surface area contributed by atoms with Crippen LogP contribution in [0, 0.1) is 5.82 Å². The fourth-order valence-electron chi connectivity index (χ4n) is 3.29. The van der Waals surface area contributed by atoms with Gasteiger partial charge in [0.25, 0.3) is 5.91 Å². The summed E-state index contributed by atoms with van der Waals surface area (Å²) >= 11 is 9.26. The summed E-state index contributed by atoms with van der Waals surface area (Å²) in [6.45, 7) is 0.740. The van der Waals surface area contributed by atoms with E-state index in [1.54, 1.807) is 0 Å². The molecule has 0 saturated heterocycles. The van der Waals surface area contributed by atoms with Crippen molar-refractivity contribution in [1.82, 2.24) is 0 Å². The molecular weight excluding hydrogens is 482 g/mol. The number of ether oxygens (including phenoxy) is 1. The molecule has 2 unspecified atom stereocenters. The van der Waals surface area contributed by atoms with Crippen molar-refractivity contribution in [3.8, 4) is 5.75 Å². The highest BCUT2D eigenvalue weighted by atomic mass is 79.9. The molecule has 0 saturated carbocycles. The van der Waals surface area contributed by atoms with Crippen LogP contribution in [0.1, 0.15) is 24.0 Å². The van der Waals surface area contributed by atoms with Crippen molar-refractivity contribution in [3.63, 3.8) is 0 Å². The first-order valence-electron chi connectivity index (χ1n) is 8.35. The summed E-state index contributed by atoms with van der Waals surface area (Å²) in [7, 11) is 1.33. The SMILES string of the molecule is CC(c1ccc(Br)cc1Cl)C(O)(c1cc2c(cc1F)OCC(=O)N2C)C(F)(F)F. The van der Waals surface area contributed by atoms with E-state index in [0.29, 0.717) is 4.47 Å². The Labute approximate surface area is 177 Å². The van der Waals surface area contributed by atoms with E-state index < -0.39 is 35.0 Å². The van der Waals surface area contributed by atoms with Gasteiger partial charge in [0.15, 0.2) is 12.2 Å². The van der Waals surface area contributed by atoms with E-state index >= 15 is 0 Å².